The first-order chi connectivity index (χ1) is 11.6. The molecule has 0 aliphatic carbocycles. The predicted molar refractivity (Wildman–Crippen MR) is 92.6 cm³/mol. The summed E-state index contributed by atoms with van der Waals surface area (Å²) in [5.41, 5.74) is 2.02. The van der Waals surface area contributed by atoms with Gasteiger partial charge in [0, 0.05) is 13.6 Å². The van der Waals surface area contributed by atoms with E-state index >= 15 is 0 Å². The van der Waals surface area contributed by atoms with Crippen molar-refractivity contribution in [3.8, 4) is 5.75 Å². The Kier molecular flexibility index (Phi) is 4.71. The first kappa shape index (κ1) is 16.3. The van der Waals surface area contributed by atoms with Gasteiger partial charge in [0.25, 0.3) is 5.91 Å². The Labute approximate surface area is 145 Å². The molecule has 3 rings (SSSR count). The minimum absolute atomic E-state index is 0.00556. The number of amides is 2. The van der Waals surface area contributed by atoms with Crippen LogP contribution in [0.3, 0.4) is 0 Å². The molecule has 0 unspecified atom stereocenters. The number of hydrogen-bond donors (Lipinski definition) is 1. The lowest BCUT2D eigenvalue weighted by atomic mass is 10.1. The summed E-state index contributed by atoms with van der Waals surface area (Å²) < 4.78 is 5.59. The van der Waals surface area contributed by atoms with Crippen LogP contribution in [0.5, 0.6) is 5.75 Å². The first-order valence-corrected chi connectivity index (χ1v) is 7.99. The maximum atomic E-state index is 12.2. The average Bonchev–Trinajstić information content (AvgIpc) is 2.72. The standard InChI is InChI=1S/C18H17ClN2O3/c1-21-15-10-12(6-7-16(15)24-9-8-17(21)22)11-20-18(23)13-4-2-3-5-14(13)19/h2-7,10H,8-9,11H2,1H3,(H,20,23). The Morgan fingerprint density at radius 2 is 2.08 bits per heavy atom. The van der Waals surface area contributed by atoms with Gasteiger partial charge in [-0.1, -0.05) is 29.8 Å². The fraction of sp³-hybridized carbons (Fsp3) is 0.222. The van der Waals surface area contributed by atoms with Crippen LogP contribution in [0.1, 0.15) is 22.3 Å². The highest BCUT2D eigenvalue weighted by Gasteiger charge is 2.20. The van der Waals surface area contributed by atoms with Gasteiger partial charge >= 0.3 is 0 Å². The fourth-order valence-corrected chi connectivity index (χ4v) is 2.75. The highest BCUT2D eigenvalue weighted by molar-refractivity contribution is 6.33. The van der Waals surface area contributed by atoms with Crippen LogP contribution in [0.25, 0.3) is 0 Å². The van der Waals surface area contributed by atoms with Crippen LogP contribution >= 0.6 is 11.6 Å². The first-order valence-electron chi connectivity index (χ1n) is 7.61. The van der Waals surface area contributed by atoms with Gasteiger partial charge in [0.05, 0.1) is 29.3 Å². The van der Waals surface area contributed by atoms with Crippen LogP contribution < -0.4 is 15.0 Å². The van der Waals surface area contributed by atoms with Crippen molar-refractivity contribution in [3.63, 3.8) is 0 Å². The number of fused-ring (bicyclic) bond motifs is 1. The van der Waals surface area contributed by atoms with E-state index in [-0.39, 0.29) is 11.8 Å². The van der Waals surface area contributed by atoms with E-state index in [2.05, 4.69) is 5.32 Å². The van der Waals surface area contributed by atoms with E-state index in [1.54, 1.807) is 36.2 Å². The number of rotatable bonds is 3. The molecule has 0 aromatic heterocycles. The summed E-state index contributed by atoms with van der Waals surface area (Å²) >= 11 is 6.03. The van der Waals surface area contributed by atoms with Crippen LogP contribution in [0.2, 0.25) is 5.02 Å². The summed E-state index contributed by atoms with van der Waals surface area (Å²) in [6, 6.07) is 12.4. The lowest BCUT2D eigenvalue weighted by molar-refractivity contribution is -0.118. The van der Waals surface area contributed by atoms with Gasteiger partial charge in [-0.25, -0.2) is 0 Å². The van der Waals surface area contributed by atoms with Crippen LogP contribution in [0.4, 0.5) is 5.69 Å². The Morgan fingerprint density at radius 1 is 1.29 bits per heavy atom. The molecule has 5 nitrogen and oxygen atoms in total. The quantitative estimate of drug-likeness (QED) is 0.931. The molecule has 1 heterocycles. The summed E-state index contributed by atoms with van der Waals surface area (Å²) in [7, 11) is 1.72. The van der Waals surface area contributed by atoms with Crippen LogP contribution in [0, 0.1) is 0 Å². The van der Waals surface area contributed by atoms with Crippen LogP contribution in [0.15, 0.2) is 42.5 Å². The minimum atomic E-state index is -0.240. The zero-order valence-electron chi connectivity index (χ0n) is 13.2. The van der Waals surface area contributed by atoms with Crippen molar-refractivity contribution < 1.29 is 14.3 Å². The average molecular weight is 345 g/mol. The highest BCUT2D eigenvalue weighted by Crippen LogP contribution is 2.31. The number of benzene rings is 2. The molecule has 6 heteroatoms. The normalized spacial score (nSPS) is 13.8. The van der Waals surface area contributed by atoms with E-state index in [9.17, 15) is 9.59 Å². The molecule has 124 valence electrons. The van der Waals surface area contributed by atoms with Gasteiger partial charge < -0.3 is 15.0 Å². The molecule has 1 N–H and O–H groups in total. The highest BCUT2D eigenvalue weighted by atomic mass is 35.5. The molecule has 24 heavy (non-hydrogen) atoms. The lowest BCUT2D eigenvalue weighted by Crippen LogP contribution is -2.26. The number of carbonyl (C=O) groups excluding carboxylic acids is 2. The number of nitrogens with zero attached hydrogens (tertiary/aromatic N) is 1. The van der Waals surface area contributed by atoms with Gasteiger partial charge in [0.1, 0.15) is 5.75 Å². The van der Waals surface area contributed by atoms with E-state index in [0.29, 0.717) is 41.6 Å². The second kappa shape index (κ2) is 6.93. The van der Waals surface area contributed by atoms with Gasteiger partial charge in [-0.3, -0.25) is 9.59 Å². The van der Waals surface area contributed by atoms with Crippen molar-refractivity contribution >= 4 is 29.1 Å². The van der Waals surface area contributed by atoms with Gasteiger partial charge in [-0.05, 0) is 29.8 Å². The second-order valence-electron chi connectivity index (χ2n) is 5.52. The third kappa shape index (κ3) is 3.36. The third-order valence-electron chi connectivity index (χ3n) is 3.90. The lowest BCUT2D eigenvalue weighted by Gasteiger charge is -2.17. The molecular formula is C18H17ClN2O3. The van der Waals surface area contributed by atoms with Crippen molar-refractivity contribution in [2.75, 3.05) is 18.6 Å². The molecule has 0 bridgehead atoms. The maximum Gasteiger partial charge on any atom is 0.253 e. The maximum absolute atomic E-state index is 12.2. The van der Waals surface area contributed by atoms with Gasteiger partial charge in [0.15, 0.2) is 0 Å². The summed E-state index contributed by atoms with van der Waals surface area (Å²) in [6.45, 7) is 0.706. The van der Waals surface area contributed by atoms with Crippen LogP contribution in [-0.2, 0) is 11.3 Å². The molecule has 0 fully saturated rings. The molecule has 1 aliphatic heterocycles. The van der Waals surface area contributed by atoms with Crippen LogP contribution in [-0.4, -0.2) is 25.5 Å². The predicted octanol–water partition coefficient (Wildman–Crippen LogP) is 3.02. The molecule has 0 saturated carbocycles. The van der Waals surface area contributed by atoms with Crippen molar-refractivity contribution in [1.82, 2.24) is 5.32 Å². The van der Waals surface area contributed by atoms with Crippen molar-refractivity contribution in [3.05, 3.63) is 58.6 Å². The van der Waals surface area contributed by atoms with E-state index in [4.69, 9.17) is 16.3 Å². The van der Waals surface area contributed by atoms with Crippen molar-refractivity contribution in [2.45, 2.75) is 13.0 Å². The zero-order chi connectivity index (χ0) is 17.1. The Bertz CT molecular complexity index is 792. The molecular weight excluding hydrogens is 328 g/mol. The molecule has 0 atom stereocenters. The molecule has 2 aromatic rings. The zero-order valence-corrected chi connectivity index (χ0v) is 14.0. The monoisotopic (exact) mass is 344 g/mol. The summed E-state index contributed by atoms with van der Waals surface area (Å²) in [4.78, 5) is 25.7. The molecule has 0 saturated heterocycles. The fourth-order valence-electron chi connectivity index (χ4n) is 2.53. The number of carbonyl (C=O) groups is 2. The number of hydrogen-bond acceptors (Lipinski definition) is 3. The summed E-state index contributed by atoms with van der Waals surface area (Å²) in [5.74, 6) is 0.437. The van der Waals surface area contributed by atoms with E-state index in [1.807, 2.05) is 18.2 Å². The van der Waals surface area contributed by atoms with E-state index in [0.717, 1.165) is 5.56 Å². The largest absolute Gasteiger partial charge is 0.491 e. The van der Waals surface area contributed by atoms with Gasteiger partial charge in [0.2, 0.25) is 5.91 Å². The molecule has 2 amide bonds. The smallest absolute Gasteiger partial charge is 0.253 e. The number of nitrogens with one attached hydrogen (secondary N) is 1. The number of anilines is 1. The molecule has 2 aromatic carbocycles. The minimum Gasteiger partial charge on any atom is -0.491 e. The SMILES string of the molecule is CN1C(=O)CCOc2ccc(CNC(=O)c3ccccc3Cl)cc21. The van der Waals surface area contributed by atoms with Gasteiger partial charge in [-0.15, -0.1) is 0 Å². The third-order valence-corrected chi connectivity index (χ3v) is 4.23. The molecule has 0 spiro atoms. The molecule has 0 radical (unpaired) electrons. The summed E-state index contributed by atoms with van der Waals surface area (Å²) in [5, 5.41) is 3.25. The van der Waals surface area contributed by atoms with Crippen molar-refractivity contribution in [2.24, 2.45) is 0 Å². The Balaban J connectivity index is 1.75. The number of halogens is 1. The second-order valence-corrected chi connectivity index (χ2v) is 5.92. The Hall–Kier alpha value is -2.53. The summed E-state index contributed by atoms with van der Waals surface area (Å²) in [6.07, 6.45) is 0.351. The van der Waals surface area contributed by atoms with Crippen molar-refractivity contribution in [1.29, 1.82) is 0 Å². The topological polar surface area (TPSA) is 58.6 Å². The van der Waals surface area contributed by atoms with Gasteiger partial charge in [-0.2, -0.15) is 0 Å². The number of ether oxygens (including phenoxy) is 1. The van der Waals surface area contributed by atoms with E-state index < -0.39 is 0 Å². The van der Waals surface area contributed by atoms with E-state index in [1.165, 1.54) is 0 Å². The molecule has 1 aliphatic rings. The Morgan fingerprint density at radius 3 is 2.88 bits per heavy atom.